The van der Waals surface area contributed by atoms with Crippen LogP contribution in [0.25, 0.3) is 0 Å². The number of carbonyl (C=O) groups is 2. The second kappa shape index (κ2) is 11.8. The van der Waals surface area contributed by atoms with Crippen molar-refractivity contribution in [2.24, 2.45) is 5.92 Å². The predicted molar refractivity (Wildman–Crippen MR) is 130 cm³/mol. The molecule has 0 radical (unpaired) electrons. The molecule has 1 aromatic heterocycles. The third-order valence-electron chi connectivity index (χ3n) is 6.14. The van der Waals surface area contributed by atoms with Crippen molar-refractivity contribution in [3.63, 3.8) is 0 Å². The van der Waals surface area contributed by atoms with E-state index in [1.807, 2.05) is 29.2 Å². The highest BCUT2D eigenvalue weighted by molar-refractivity contribution is 5.99. The van der Waals surface area contributed by atoms with Crippen LogP contribution in [-0.2, 0) is 16.1 Å². The number of hydrogen-bond donors (Lipinski definition) is 1. The first-order valence-electron chi connectivity index (χ1n) is 11.7. The van der Waals surface area contributed by atoms with Gasteiger partial charge in [0.25, 0.3) is 5.91 Å². The maximum atomic E-state index is 13.7. The molecule has 1 aliphatic heterocycles. The quantitative estimate of drug-likeness (QED) is 0.583. The van der Waals surface area contributed by atoms with Gasteiger partial charge in [-0.15, -0.1) is 0 Å². The molecule has 2 aromatic rings. The number of amides is 1. The Hall–Kier alpha value is -2.93. The summed E-state index contributed by atoms with van der Waals surface area (Å²) in [6.07, 6.45) is 2.85. The summed E-state index contributed by atoms with van der Waals surface area (Å²) in [4.78, 5) is 34.5. The number of pyridine rings is 1. The van der Waals surface area contributed by atoms with Gasteiger partial charge in [-0.1, -0.05) is 44.2 Å². The molecule has 1 aliphatic rings. The summed E-state index contributed by atoms with van der Waals surface area (Å²) in [6.45, 7) is 9.13. The van der Waals surface area contributed by atoms with Crippen molar-refractivity contribution in [1.29, 1.82) is 0 Å². The van der Waals surface area contributed by atoms with Gasteiger partial charge in [-0.05, 0) is 37.0 Å². The SMILES string of the molecule is COC(=O)C[C@@H]1CN(Cc2ccccc2)[C@H](C)CN1C(=O)c1cccnc1NCCC(C)C. The first kappa shape index (κ1) is 24.7. The van der Waals surface area contributed by atoms with Gasteiger partial charge in [0.2, 0.25) is 0 Å². The molecule has 1 amide bonds. The molecule has 0 unspecified atom stereocenters. The van der Waals surface area contributed by atoms with E-state index in [-0.39, 0.29) is 30.4 Å². The third kappa shape index (κ3) is 6.78. The zero-order valence-corrected chi connectivity index (χ0v) is 20.2. The fourth-order valence-electron chi connectivity index (χ4n) is 4.19. The van der Waals surface area contributed by atoms with Crippen molar-refractivity contribution in [1.82, 2.24) is 14.8 Å². The molecule has 3 rings (SSSR count). The number of hydrogen-bond acceptors (Lipinski definition) is 6. The monoisotopic (exact) mass is 452 g/mol. The van der Waals surface area contributed by atoms with Gasteiger partial charge in [-0.2, -0.15) is 0 Å². The molecule has 0 spiro atoms. The normalized spacial score (nSPS) is 18.9. The topological polar surface area (TPSA) is 74.8 Å². The Morgan fingerprint density at radius 2 is 1.91 bits per heavy atom. The van der Waals surface area contributed by atoms with Gasteiger partial charge in [0.1, 0.15) is 5.82 Å². The van der Waals surface area contributed by atoms with E-state index < -0.39 is 0 Å². The fourth-order valence-corrected chi connectivity index (χ4v) is 4.19. The molecule has 2 heterocycles. The van der Waals surface area contributed by atoms with E-state index in [0.29, 0.717) is 30.4 Å². The van der Waals surface area contributed by atoms with Crippen LogP contribution >= 0.6 is 0 Å². The molecular formula is C26H36N4O3. The number of ether oxygens (including phenoxy) is 1. The molecule has 33 heavy (non-hydrogen) atoms. The Labute approximate surface area is 197 Å². The number of benzene rings is 1. The van der Waals surface area contributed by atoms with E-state index in [1.54, 1.807) is 12.3 Å². The van der Waals surface area contributed by atoms with E-state index in [2.05, 4.69) is 48.1 Å². The lowest BCUT2D eigenvalue weighted by atomic mass is 10.0. The Morgan fingerprint density at radius 1 is 1.15 bits per heavy atom. The van der Waals surface area contributed by atoms with E-state index in [4.69, 9.17) is 4.74 Å². The van der Waals surface area contributed by atoms with Crippen molar-refractivity contribution in [2.45, 2.75) is 52.2 Å². The van der Waals surface area contributed by atoms with Crippen molar-refractivity contribution in [3.8, 4) is 0 Å². The van der Waals surface area contributed by atoms with Gasteiger partial charge < -0.3 is 15.0 Å². The molecule has 1 fully saturated rings. The molecule has 0 bridgehead atoms. The highest BCUT2D eigenvalue weighted by Gasteiger charge is 2.37. The lowest BCUT2D eigenvalue weighted by Crippen LogP contribution is -2.59. The third-order valence-corrected chi connectivity index (χ3v) is 6.14. The average molecular weight is 453 g/mol. The molecule has 2 atom stereocenters. The number of piperazine rings is 1. The molecule has 7 heteroatoms. The fraction of sp³-hybridized carbons (Fsp3) is 0.500. The molecule has 0 aliphatic carbocycles. The number of nitrogens with zero attached hydrogens (tertiary/aromatic N) is 3. The number of rotatable bonds is 9. The van der Waals surface area contributed by atoms with Gasteiger partial charge in [0, 0.05) is 38.4 Å². The van der Waals surface area contributed by atoms with Crippen molar-refractivity contribution in [3.05, 3.63) is 59.8 Å². The molecule has 1 saturated heterocycles. The van der Waals surface area contributed by atoms with Gasteiger partial charge in [-0.3, -0.25) is 14.5 Å². The zero-order chi connectivity index (χ0) is 23.8. The standard InChI is InChI=1S/C26H36N4O3/c1-19(2)12-14-28-25-23(11-8-13-27-25)26(32)30-16-20(3)29(17-21-9-6-5-7-10-21)18-22(30)15-24(31)33-4/h5-11,13,19-20,22H,12,14-18H2,1-4H3,(H,27,28)/t20-,22-/m1/s1. The smallest absolute Gasteiger partial charge is 0.307 e. The summed E-state index contributed by atoms with van der Waals surface area (Å²) in [5.41, 5.74) is 1.75. The van der Waals surface area contributed by atoms with Crippen molar-refractivity contribution in [2.75, 3.05) is 32.1 Å². The second-order valence-corrected chi connectivity index (χ2v) is 9.16. The van der Waals surface area contributed by atoms with Crippen LogP contribution in [0.4, 0.5) is 5.82 Å². The van der Waals surface area contributed by atoms with Crippen LogP contribution in [0.1, 0.15) is 49.5 Å². The minimum absolute atomic E-state index is 0.102. The van der Waals surface area contributed by atoms with E-state index in [0.717, 1.165) is 19.5 Å². The van der Waals surface area contributed by atoms with Gasteiger partial charge in [-0.25, -0.2) is 4.98 Å². The Kier molecular flexibility index (Phi) is 8.83. The summed E-state index contributed by atoms with van der Waals surface area (Å²) in [6, 6.07) is 13.7. The van der Waals surface area contributed by atoms with Gasteiger partial charge >= 0.3 is 5.97 Å². The maximum absolute atomic E-state index is 13.7. The summed E-state index contributed by atoms with van der Waals surface area (Å²) in [7, 11) is 1.39. The van der Waals surface area contributed by atoms with E-state index >= 15 is 0 Å². The number of nitrogens with one attached hydrogen (secondary N) is 1. The van der Waals surface area contributed by atoms with Crippen LogP contribution in [-0.4, -0.2) is 65.5 Å². The largest absolute Gasteiger partial charge is 0.469 e. The number of anilines is 1. The van der Waals surface area contributed by atoms with Crippen LogP contribution in [0, 0.1) is 5.92 Å². The van der Waals surface area contributed by atoms with Crippen LogP contribution in [0.3, 0.4) is 0 Å². The summed E-state index contributed by atoms with van der Waals surface area (Å²) in [5.74, 6) is 0.742. The maximum Gasteiger partial charge on any atom is 0.307 e. The number of esters is 1. The Bertz CT molecular complexity index is 919. The Balaban J connectivity index is 1.80. The highest BCUT2D eigenvalue weighted by atomic mass is 16.5. The first-order valence-corrected chi connectivity index (χ1v) is 11.7. The lowest BCUT2D eigenvalue weighted by Gasteiger charge is -2.45. The molecule has 1 aromatic carbocycles. The lowest BCUT2D eigenvalue weighted by molar-refractivity contribution is -0.142. The van der Waals surface area contributed by atoms with Gasteiger partial charge in [0.15, 0.2) is 0 Å². The first-order chi connectivity index (χ1) is 15.9. The van der Waals surface area contributed by atoms with E-state index in [1.165, 1.54) is 12.7 Å². The van der Waals surface area contributed by atoms with Crippen molar-refractivity contribution >= 4 is 17.7 Å². The number of aromatic nitrogens is 1. The molecule has 0 saturated carbocycles. The second-order valence-electron chi connectivity index (χ2n) is 9.16. The van der Waals surface area contributed by atoms with Crippen LogP contribution < -0.4 is 5.32 Å². The van der Waals surface area contributed by atoms with Gasteiger partial charge in [0.05, 0.1) is 25.1 Å². The summed E-state index contributed by atoms with van der Waals surface area (Å²) < 4.78 is 4.95. The van der Waals surface area contributed by atoms with E-state index in [9.17, 15) is 9.59 Å². The highest BCUT2D eigenvalue weighted by Crippen LogP contribution is 2.24. The number of methoxy groups -OCH3 is 1. The average Bonchev–Trinajstić information content (AvgIpc) is 2.81. The Morgan fingerprint density at radius 3 is 2.61 bits per heavy atom. The predicted octanol–water partition coefficient (Wildman–Crippen LogP) is 3.82. The number of carbonyl (C=O) groups excluding carboxylic acids is 2. The molecular weight excluding hydrogens is 416 g/mol. The summed E-state index contributed by atoms with van der Waals surface area (Å²) in [5, 5.41) is 3.32. The van der Waals surface area contributed by atoms with Crippen LogP contribution in [0.2, 0.25) is 0 Å². The van der Waals surface area contributed by atoms with Crippen molar-refractivity contribution < 1.29 is 14.3 Å². The molecule has 1 N–H and O–H groups in total. The van der Waals surface area contributed by atoms with Crippen LogP contribution in [0.5, 0.6) is 0 Å². The zero-order valence-electron chi connectivity index (χ0n) is 20.2. The minimum atomic E-state index is -0.312. The summed E-state index contributed by atoms with van der Waals surface area (Å²) >= 11 is 0. The molecule has 178 valence electrons. The minimum Gasteiger partial charge on any atom is -0.469 e. The van der Waals surface area contributed by atoms with Crippen LogP contribution in [0.15, 0.2) is 48.7 Å². The molecule has 7 nitrogen and oxygen atoms in total.